The van der Waals surface area contributed by atoms with Gasteiger partial charge in [-0.3, -0.25) is 9.59 Å². The molecule has 21 heavy (non-hydrogen) atoms. The molecule has 1 rings (SSSR count). The number of esters is 1. The van der Waals surface area contributed by atoms with Gasteiger partial charge in [-0.2, -0.15) is 0 Å². The highest BCUT2D eigenvalue weighted by Gasteiger charge is 2.17. The number of carbonyl (C=O) groups excluding carboxylic acids is 2. The summed E-state index contributed by atoms with van der Waals surface area (Å²) >= 11 is 12.0. The number of rotatable bonds is 5. The van der Waals surface area contributed by atoms with Crippen LogP contribution in [0.15, 0.2) is 24.3 Å². The van der Waals surface area contributed by atoms with Crippen LogP contribution < -0.4 is 0 Å². The number of hydrogen-bond acceptors (Lipinski definition) is 3. The van der Waals surface area contributed by atoms with E-state index in [1.807, 2.05) is 0 Å². The summed E-state index contributed by atoms with van der Waals surface area (Å²) in [5.74, 6) is -0.990. The Kier molecular flexibility index (Phi) is 6.72. The fourth-order valence-corrected chi connectivity index (χ4v) is 2.25. The van der Waals surface area contributed by atoms with Crippen molar-refractivity contribution in [3.63, 3.8) is 0 Å². The van der Waals surface area contributed by atoms with E-state index in [4.69, 9.17) is 23.2 Å². The van der Waals surface area contributed by atoms with Crippen molar-refractivity contribution in [3.8, 4) is 0 Å². The Morgan fingerprint density at radius 3 is 2.43 bits per heavy atom. The Morgan fingerprint density at radius 1 is 1.33 bits per heavy atom. The van der Waals surface area contributed by atoms with Gasteiger partial charge in [-0.1, -0.05) is 36.2 Å². The first-order valence-electron chi connectivity index (χ1n) is 6.31. The normalized spacial score (nSPS) is 12.2. The van der Waals surface area contributed by atoms with Gasteiger partial charge in [0.25, 0.3) is 0 Å². The predicted molar refractivity (Wildman–Crippen MR) is 84.3 cm³/mol. The second kappa shape index (κ2) is 8.05. The van der Waals surface area contributed by atoms with Gasteiger partial charge in [0.2, 0.25) is 5.91 Å². The Balaban J connectivity index is 2.72. The molecule has 0 aliphatic rings. The van der Waals surface area contributed by atoms with Gasteiger partial charge in [-0.15, -0.1) is 0 Å². The highest BCUT2D eigenvalue weighted by atomic mass is 35.5. The van der Waals surface area contributed by atoms with Crippen LogP contribution >= 0.6 is 23.2 Å². The largest absolute Gasteiger partial charge is 0.469 e. The molecule has 6 heteroatoms. The number of benzene rings is 1. The molecule has 1 aromatic rings. The molecule has 1 atom stereocenters. The molecule has 0 saturated heterocycles. The van der Waals surface area contributed by atoms with Crippen molar-refractivity contribution in [2.45, 2.75) is 6.92 Å². The van der Waals surface area contributed by atoms with Gasteiger partial charge < -0.3 is 9.64 Å². The first-order chi connectivity index (χ1) is 9.86. The number of hydrogen-bond donors (Lipinski definition) is 0. The fourth-order valence-electron chi connectivity index (χ4n) is 1.73. The molecule has 0 spiro atoms. The summed E-state index contributed by atoms with van der Waals surface area (Å²) in [5, 5.41) is 0.939. The molecule has 0 saturated carbocycles. The number of nitrogens with zero attached hydrogens (tertiary/aromatic N) is 1. The molecule has 0 aromatic heterocycles. The highest BCUT2D eigenvalue weighted by Crippen LogP contribution is 2.25. The molecule has 0 aliphatic carbocycles. The van der Waals surface area contributed by atoms with Crippen LogP contribution in [0.2, 0.25) is 10.0 Å². The molecule has 1 aromatic carbocycles. The Labute approximate surface area is 134 Å². The van der Waals surface area contributed by atoms with Gasteiger partial charge in [0.1, 0.15) is 0 Å². The molecule has 114 valence electrons. The molecule has 0 aliphatic heterocycles. The molecule has 1 unspecified atom stereocenters. The van der Waals surface area contributed by atoms with E-state index in [1.54, 1.807) is 38.2 Å². The number of carbonyl (C=O) groups is 2. The second-order valence-electron chi connectivity index (χ2n) is 4.61. The summed E-state index contributed by atoms with van der Waals surface area (Å²) < 4.78 is 4.62. The molecular formula is C15H17Cl2NO3. The number of amides is 1. The number of ether oxygens (including phenoxy) is 1. The van der Waals surface area contributed by atoms with Crippen LogP contribution in [-0.4, -0.2) is 37.5 Å². The Hall–Kier alpha value is -1.52. The fraction of sp³-hybridized carbons (Fsp3) is 0.333. The molecule has 0 bridgehead atoms. The van der Waals surface area contributed by atoms with Crippen molar-refractivity contribution in [1.82, 2.24) is 4.90 Å². The van der Waals surface area contributed by atoms with Crippen LogP contribution in [0, 0.1) is 5.92 Å². The monoisotopic (exact) mass is 329 g/mol. The summed E-state index contributed by atoms with van der Waals surface area (Å²) in [7, 11) is 2.93. The van der Waals surface area contributed by atoms with E-state index in [0.29, 0.717) is 15.6 Å². The van der Waals surface area contributed by atoms with Gasteiger partial charge in [0, 0.05) is 35.3 Å². The summed E-state index contributed by atoms with van der Waals surface area (Å²) in [6.45, 7) is 1.97. The van der Waals surface area contributed by atoms with Gasteiger partial charge in [-0.25, -0.2) is 0 Å². The zero-order chi connectivity index (χ0) is 16.0. The standard InChI is InChI=1S/C15H17Cl2NO3/c1-10(15(20)21-3)9-18(2)14(19)8-7-11-12(16)5-4-6-13(11)17/h4-8,10H,9H2,1-3H3. The average molecular weight is 330 g/mol. The lowest BCUT2D eigenvalue weighted by atomic mass is 10.1. The molecule has 0 heterocycles. The third-order valence-corrected chi connectivity index (χ3v) is 3.58. The lowest BCUT2D eigenvalue weighted by molar-refractivity contribution is -0.145. The van der Waals surface area contributed by atoms with Crippen molar-refractivity contribution in [2.75, 3.05) is 20.7 Å². The van der Waals surface area contributed by atoms with Crippen LogP contribution in [0.25, 0.3) is 6.08 Å². The minimum Gasteiger partial charge on any atom is -0.469 e. The Morgan fingerprint density at radius 2 is 1.90 bits per heavy atom. The molecule has 1 amide bonds. The lowest BCUT2D eigenvalue weighted by Gasteiger charge is -2.18. The second-order valence-corrected chi connectivity index (χ2v) is 5.43. The summed E-state index contributed by atoms with van der Waals surface area (Å²) in [4.78, 5) is 24.7. The van der Waals surface area contributed by atoms with E-state index in [-0.39, 0.29) is 24.3 Å². The maximum Gasteiger partial charge on any atom is 0.310 e. The van der Waals surface area contributed by atoms with Crippen molar-refractivity contribution < 1.29 is 14.3 Å². The summed E-state index contributed by atoms with van der Waals surface area (Å²) in [6, 6.07) is 5.12. The van der Waals surface area contributed by atoms with E-state index in [9.17, 15) is 9.59 Å². The van der Waals surface area contributed by atoms with Crippen molar-refractivity contribution >= 4 is 41.2 Å². The maximum absolute atomic E-state index is 12.0. The van der Waals surface area contributed by atoms with Crippen molar-refractivity contribution in [1.29, 1.82) is 0 Å². The third-order valence-electron chi connectivity index (χ3n) is 2.92. The number of methoxy groups -OCH3 is 1. The van der Waals surface area contributed by atoms with E-state index in [2.05, 4.69) is 4.74 Å². The lowest BCUT2D eigenvalue weighted by Crippen LogP contribution is -2.33. The first kappa shape index (κ1) is 17.5. The average Bonchev–Trinajstić information content (AvgIpc) is 2.45. The minimum atomic E-state index is -0.388. The van der Waals surface area contributed by atoms with Crippen molar-refractivity contribution in [2.24, 2.45) is 5.92 Å². The quantitative estimate of drug-likeness (QED) is 0.615. The molecular weight excluding hydrogens is 313 g/mol. The molecule has 4 nitrogen and oxygen atoms in total. The maximum atomic E-state index is 12.0. The number of likely N-dealkylation sites (N-methyl/N-ethyl adjacent to an activating group) is 1. The zero-order valence-electron chi connectivity index (χ0n) is 12.1. The van der Waals surface area contributed by atoms with Gasteiger partial charge >= 0.3 is 5.97 Å². The first-order valence-corrected chi connectivity index (χ1v) is 7.07. The van der Waals surface area contributed by atoms with Crippen LogP contribution in [-0.2, 0) is 14.3 Å². The van der Waals surface area contributed by atoms with Crippen molar-refractivity contribution in [3.05, 3.63) is 39.9 Å². The van der Waals surface area contributed by atoms with Gasteiger partial charge in [0.05, 0.1) is 13.0 Å². The zero-order valence-corrected chi connectivity index (χ0v) is 13.6. The SMILES string of the molecule is COC(=O)C(C)CN(C)C(=O)C=Cc1c(Cl)cccc1Cl. The molecule has 0 fully saturated rings. The summed E-state index contributed by atoms with van der Waals surface area (Å²) in [6.07, 6.45) is 2.93. The van der Waals surface area contributed by atoms with E-state index >= 15 is 0 Å². The van der Waals surface area contributed by atoms with Gasteiger partial charge in [-0.05, 0) is 18.2 Å². The number of halogens is 2. The predicted octanol–water partition coefficient (Wildman–Crippen LogP) is 3.27. The minimum absolute atomic E-state index is 0.248. The van der Waals surface area contributed by atoms with E-state index in [1.165, 1.54) is 18.1 Å². The third kappa shape index (κ3) is 5.06. The van der Waals surface area contributed by atoms with Crippen LogP contribution in [0.3, 0.4) is 0 Å². The smallest absolute Gasteiger partial charge is 0.310 e. The van der Waals surface area contributed by atoms with Crippen LogP contribution in [0.5, 0.6) is 0 Å². The molecule has 0 N–H and O–H groups in total. The van der Waals surface area contributed by atoms with Crippen LogP contribution in [0.4, 0.5) is 0 Å². The Bertz CT molecular complexity index is 538. The molecule has 0 radical (unpaired) electrons. The topological polar surface area (TPSA) is 46.6 Å². The van der Waals surface area contributed by atoms with E-state index in [0.717, 1.165) is 0 Å². The van der Waals surface area contributed by atoms with Gasteiger partial charge in [0.15, 0.2) is 0 Å². The highest BCUT2D eigenvalue weighted by molar-refractivity contribution is 6.37. The summed E-state index contributed by atoms with van der Waals surface area (Å²) in [5.41, 5.74) is 0.587. The van der Waals surface area contributed by atoms with Crippen LogP contribution in [0.1, 0.15) is 12.5 Å². The van der Waals surface area contributed by atoms with E-state index < -0.39 is 0 Å².